The summed E-state index contributed by atoms with van der Waals surface area (Å²) in [5, 5.41) is 7.66. The fourth-order valence-electron chi connectivity index (χ4n) is 2.36. The normalized spacial score (nSPS) is 12.3. The second-order valence-electron chi connectivity index (χ2n) is 5.12. The number of benzene rings is 1. The molecule has 0 bridgehead atoms. The van der Waals surface area contributed by atoms with Crippen molar-refractivity contribution in [3.63, 3.8) is 0 Å². The molecule has 0 aliphatic carbocycles. The summed E-state index contributed by atoms with van der Waals surface area (Å²) < 4.78 is 7.18. The van der Waals surface area contributed by atoms with Crippen molar-refractivity contribution in [3.05, 3.63) is 47.9 Å². The Hall–Kier alpha value is -2.63. The molecular formula is C16H19N5O. The van der Waals surface area contributed by atoms with Gasteiger partial charge in [-0.2, -0.15) is 14.6 Å². The molecule has 0 amide bonds. The van der Waals surface area contributed by atoms with E-state index in [4.69, 9.17) is 4.74 Å². The maximum Gasteiger partial charge on any atom is 0.254 e. The van der Waals surface area contributed by atoms with Crippen LogP contribution in [-0.4, -0.2) is 26.2 Å². The van der Waals surface area contributed by atoms with E-state index in [2.05, 4.69) is 39.4 Å². The average Bonchev–Trinajstić information content (AvgIpc) is 2.96. The molecule has 1 atom stereocenters. The van der Waals surface area contributed by atoms with E-state index in [-0.39, 0.29) is 6.04 Å². The van der Waals surface area contributed by atoms with Gasteiger partial charge in [0.2, 0.25) is 0 Å². The van der Waals surface area contributed by atoms with Gasteiger partial charge in [-0.1, -0.05) is 12.1 Å². The van der Waals surface area contributed by atoms with Gasteiger partial charge in [-0.15, -0.1) is 0 Å². The third kappa shape index (κ3) is 2.86. The minimum Gasteiger partial charge on any atom is -0.494 e. The molecule has 1 N–H and O–H groups in total. The minimum absolute atomic E-state index is 0.130. The van der Waals surface area contributed by atoms with E-state index in [0.29, 0.717) is 12.4 Å². The molecule has 6 nitrogen and oxygen atoms in total. The van der Waals surface area contributed by atoms with Crippen LogP contribution in [0.5, 0.6) is 5.75 Å². The molecule has 0 aliphatic rings. The third-order valence-corrected chi connectivity index (χ3v) is 3.44. The van der Waals surface area contributed by atoms with Gasteiger partial charge in [0, 0.05) is 17.8 Å². The number of aryl methyl sites for hydroxylation is 1. The van der Waals surface area contributed by atoms with Crippen molar-refractivity contribution in [2.24, 2.45) is 0 Å². The number of anilines is 1. The smallest absolute Gasteiger partial charge is 0.254 e. The molecule has 2 aromatic heterocycles. The van der Waals surface area contributed by atoms with Crippen molar-refractivity contribution < 1.29 is 4.74 Å². The Labute approximate surface area is 129 Å². The number of aromatic nitrogens is 4. The highest BCUT2D eigenvalue weighted by Gasteiger charge is 2.10. The molecule has 0 saturated carbocycles. The van der Waals surface area contributed by atoms with Gasteiger partial charge in [-0.3, -0.25) is 0 Å². The van der Waals surface area contributed by atoms with E-state index in [1.54, 1.807) is 4.52 Å². The second kappa shape index (κ2) is 6.01. The Morgan fingerprint density at radius 2 is 2.05 bits per heavy atom. The summed E-state index contributed by atoms with van der Waals surface area (Å²) in [5.74, 6) is 2.36. The number of hydrogen-bond acceptors (Lipinski definition) is 5. The van der Waals surface area contributed by atoms with Crippen LogP contribution in [0.3, 0.4) is 0 Å². The maximum atomic E-state index is 5.47. The van der Waals surface area contributed by atoms with Crippen molar-refractivity contribution in [2.45, 2.75) is 26.8 Å². The molecule has 0 fully saturated rings. The monoisotopic (exact) mass is 297 g/mol. The highest BCUT2D eigenvalue weighted by atomic mass is 16.5. The van der Waals surface area contributed by atoms with E-state index >= 15 is 0 Å². The summed E-state index contributed by atoms with van der Waals surface area (Å²) in [4.78, 5) is 8.48. The van der Waals surface area contributed by atoms with Gasteiger partial charge in [0.25, 0.3) is 5.78 Å². The lowest BCUT2D eigenvalue weighted by Crippen LogP contribution is -2.11. The van der Waals surface area contributed by atoms with E-state index in [1.165, 1.54) is 11.9 Å². The lowest BCUT2D eigenvalue weighted by Gasteiger charge is -2.17. The molecule has 0 saturated heterocycles. The van der Waals surface area contributed by atoms with Gasteiger partial charge in [0.15, 0.2) is 0 Å². The maximum absolute atomic E-state index is 5.47. The highest BCUT2D eigenvalue weighted by molar-refractivity contribution is 5.46. The first-order valence-electron chi connectivity index (χ1n) is 7.34. The molecule has 1 aromatic carbocycles. The number of nitrogens with one attached hydrogen (secondary N) is 1. The van der Waals surface area contributed by atoms with Gasteiger partial charge in [0.1, 0.15) is 17.9 Å². The van der Waals surface area contributed by atoms with Crippen LogP contribution in [-0.2, 0) is 0 Å². The zero-order valence-corrected chi connectivity index (χ0v) is 12.9. The van der Waals surface area contributed by atoms with Crippen LogP contribution >= 0.6 is 0 Å². The number of ether oxygens (including phenoxy) is 1. The summed E-state index contributed by atoms with van der Waals surface area (Å²) in [5.41, 5.74) is 2.08. The van der Waals surface area contributed by atoms with Crippen molar-refractivity contribution in [1.82, 2.24) is 19.6 Å². The van der Waals surface area contributed by atoms with E-state index in [9.17, 15) is 0 Å². The van der Waals surface area contributed by atoms with Crippen molar-refractivity contribution in [2.75, 3.05) is 11.9 Å². The Balaban J connectivity index is 1.83. The van der Waals surface area contributed by atoms with Crippen LogP contribution in [0.15, 0.2) is 36.7 Å². The molecule has 114 valence electrons. The van der Waals surface area contributed by atoms with Gasteiger partial charge >= 0.3 is 0 Å². The summed E-state index contributed by atoms with van der Waals surface area (Å²) in [7, 11) is 0. The predicted octanol–water partition coefficient (Wildman–Crippen LogP) is 3.00. The number of hydrogen-bond donors (Lipinski definition) is 1. The number of fused-ring (bicyclic) bond motifs is 1. The van der Waals surface area contributed by atoms with Gasteiger partial charge in [-0.05, 0) is 38.5 Å². The fourth-order valence-corrected chi connectivity index (χ4v) is 2.36. The molecule has 3 rings (SSSR count). The van der Waals surface area contributed by atoms with Gasteiger partial charge in [0.05, 0.1) is 6.61 Å². The fraction of sp³-hybridized carbons (Fsp3) is 0.312. The van der Waals surface area contributed by atoms with Crippen LogP contribution < -0.4 is 10.1 Å². The lowest BCUT2D eigenvalue weighted by atomic mass is 10.1. The van der Waals surface area contributed by atoms with Crippen LogP contribution in [0.25, 0.3) is 5.78 Å². The van der Waals surface area contributed by atoms with Crippen molar-refractivity contribution in [3.8, 4) is 5.75 Å². The molecule has 22 heavy (non-hydrogen) atoms. The summed E-state index contributed by atoms with van der Waals surface area (Å²) in [6.07, 6.45) is 1.51. The molecule has 0 unspecified atom stereocenters. The zero-order chi connectivity index (χ0) is 15.5. The Morgan fingerprint density at radius 3 is 2.77 bits per heavy atom. The molecule has 3 aromatic rings. The van der Waals surface area contributed by atoms with Crippen LogP contribution in [0.1, 0.15) is 31.1 Å². The predicted molar refractivity (Wildman–Crippen MR) is 85.2 cm³/mol. The molecule has 2 heterocycles. The average molecular weight is 297 g/mol. The lowest BCUT2D eigenvalue weighted by molar-refractivity contribution is 0.340. The van der Waals surface area contributed by atoms with Crippen molar-refractivity contribution >= 4 is 11.6 Å². The van der Waals surface area contributed by atoms with Gasteiger partial charge < -0.3 is 10.1 Å². The first kappa shape index (κ1) is 14.3. The number of rotatable bonds is 5. The highest BCUT2D eigenvalue weighted by Crippen LogP contribution is 2.22. The van der Waals surface area contributed by atoms with Crippen molar-refractivity contribution in [1.29, 1.82) is 0 Å². The quantitative estimate of drug-likeness (QED) is 0.784. The molecule has 0 spiro atoms. The van der Waals surface area contributed by atoms with E-state index in [0.717, 1.165) is 17.3 Å². The summed E-state index contributed by atoms with van der Waals surface area (Å²) in [6.45, 7) is 6.70. The first-order chi connectivity index (χ1) is 10.7. The third-order valence-electron chi connectivity index (χ3n) is 3.44. The Morgan fingerprint density at radius 1 is 1.27 bits per heavy atom. The Kier molecular flexibility index (Phi) is 3.91. The van der Waals surface area contributed by atoms with Crippen LogP contribution in [0, 0.1) is 6.92 Å². The Bertz CT molecular complexity index is 766. The van der Waals surface area contributed by atoms with Crippen LogP contribution in [0.2, 0.25) is 0 Å². The van der Waals surface area contributed by atoms with E-state index < -0.39 is 0 Å². The minimum atomic E-state index is 0.130. The summed E-state index contributed by atoms with van der Waals surface area (Å²) in [6, 6.07) is 10.2. The largest absolute Gasteiger partial charge is 0.494 e. The second-order valence-corrected chi connectivity index (χ2v) is 5.12. The molecule has 6 heteroatoms. The molecular weight excluding hydrogens is 278 g/mol. The van der Waals surface area contributed by atoms with Gasteiger partial charge in [-0.25, -0.2) is 4.98 Å². The zero-order valence-electron chi connectivity index (χ0n) is 12.9. The standard InChI is InChI=1S/C16H19N5O/c1-4-22-14-7-5-13(6-8-14)12(3)20-15-9-11(2)19-16-17-10-18-21(15)16/h5-10,12,20H,4H2,1-3H3/t12-/m1/s1. The topological polar surface area (TPSA) is 64.3 Å². The SMILES string of the molecule is CCOc1ccc([C@@H](C)Nc2cc(C)nc3ncnn23)cc1. The van der Waals surface area contributed by atoms with E-state index in [1.807, 2.05) is 32.0 Å². The molecule has 0 aliphatic heterocycles. The van der Waals surface area contributed by atoms with Crippen LogP contribution in [0.4, 0.5) is 5.82 Å². The molecule has 0 radical (unpaired) electrons. The number of nitrogens with zero attached hydrogens (tertiary/aromatic N) is 4. The first-order valence-corrected chi connectivity index (χ1v) is 7.34. The summed E-state index contributed by atoms with van der Waals surface area (Å²) >= 11 is 0.